The predicted octanol–water partition coefficient (Wildman–Crippen LogP) is 2.21. The summed E-state index contributed by atoms with van der Waals surface area (Å²) in [5, 5.41) is 3.14. The van der Waals surface area contributed by atoms with Gasteiger partial charge in [0.1, 0.15) is 0 Å². The van der Waals surface area contributed by atoms with Crippen LogP contribution in [0, 0.1) is 5.92 Å². The fraction of sp³-hybridized carbons (Fsp3) is 0.818. The van der Waals surface area contributed by atoms with Gasteiger partial charge >= 0.3 is 0 Å². The summed E-state index contributed by atoms with van der Waals surface area (Å²) >= 11 is 0. The Morgan fingerprint density at radius 1 is 1.46 bits per heavy atom. The number of allylic oxidation sites excluding steroid dienone is 1. The molecule has 0 fully saturated rings. The smallest absolute Gasteiger partial charge is 0.0722 e. The highest BCUT2D eigenvalue weighted by Crippen LogP contribution is 2.06. The van der Waals surface area contributed by atoms with E-state index >= 15 is 0 Å². The van der Waals surface area contributed by atoms with Crippen molar-refractivity contribution >= 4 is 0 Å². The summed E-state index contributed by atoms with van der Waals surface area (Å²) in [5.41, 5.74) is 0. The summed E-state index contributed by atoms with van der Waals surface area (Å²) in [6.07, 6.45) is 4.40. The maximum atomic E-state index is 5.74. The van der Waals surface area contributed by atoms with Gasteiger partial charge in [-0.2, -0.15) is 0 Å². The normalized spacial score (nSPS) is 13.2. The third-order valence-corrected chi connectivity index (χ3v) is 2.03. The molecular formula is C11H23NO. The second-order valence-corrected chi connectivity index (χ2v) is 3.64. The lowest BCUT2D eigenvalue weighted by atomic mass is 10.1. The molecule has 1 unspecified atom stereocenters. The van der Waals surface area contributed by atoms with E-state index in [0.717, 1.165) is 26.0 Å². The van der Waals surface area contributed by atoms with Gasteiger partial charge in [0.25, 0.3) is 0 Å². The highest BCUT2D eigenvalue weighted by atomic mass is 16.5. The first-order valence-corrected chi connectivity index (χ1v) is 5.09. The zero-order valence-electron chi connectivity index (χ0n) is 9.18. The van der Waals surface area contributed by atoms with Crippen molar-refractivity contribution in [2.24, 2.45) is 5.92 Å². The Morgan fingerprint density at radius 3 is 2.62 bits per heavy atom. The molecule has 0 bridgehead atoms. The summed E-state index contributed by atoms with van der Waals surface area (Å²) in [6, 6.07) is 0. The molecule has 0 aromatic rings. The lowest BCUT2D eigenvalue weighted by Crippen LogP contribution is -2.31. The Morgan fingerprint density at radius 2 is 2.15 bits per heavy atom. The van der Waals surface area contributed by atoms with E-state index in [-0.39, 0.29) is 0 Å². The van der Waals surface area contributed by atoms with Gasteiger partial charge in [-0.15, -0.1) is 6.58 Å². The van der Waals surface area contributed by atoms with Crippen molar-refractivity contribution in [3.63, 3.8) is 0 Å². The zero-order valence-corrected chi connectivity index (χ0v) is 9.18. The highest BCUT2D eigenvalue weighted by molar-refractivity contribution is 4.67. The summed E-state index contributed by atoms with van der Waals surface area (Å²) in [6.45, 7) is 9.84. The molecule has 0 aliphatic carbocycles. The number of hydrogen-bond donors (Lipinski definition) is 1. The van der Waals surface area contributed by atoms with Gasteiger partial charge in [-0.1, -0.05) is 19.9 Å². The van der Waals surface area contributed by atoms with Gasteiger partial charge in [0.05, 0.1) is 6.10 Å². The van der Waals surface area contributed by atoms with Crippen molar-refractivity contribution in [2.45, 2.75) is 32.8 Å². The Bertz CT molecular complexity index is 123. The summed E-state index contributed by atoms with van der Waals surface area (Å²) in [4.78, 5) is 0. The number of ether oxygens (including phenoxy) is 1. The van der Waals surface area contributed by atoms with Crippen LogP contribution in [0.1, 0.15) is 26.7 Å². The molecule has 0 heterocycles. The Hall–Kier alpha value is -0.340. The van der Waals surface area contributed by atoms with Gasteiger partial charge in [0.15, 0.2) is 0 Å². The van der Waals surface area contributed by atoms with E-state index in [0.29, 0.717) is 12.0 Å². The number of likely N-dealkylation sites (N-methyl/N-ethyl adjacent to an activating group) is 1. The molecular weight excluding hydrogens is 162 g/mol. The van der Waals surface area contributed by atoms with E-state index in [9.17, 15) is 0 Å². The lowest BCUT2D eigenvalue weighted by Gasteiger charge is -2.20. The summed E-state index contributed by atoms with van der Waals surface area (Å²) in [7, 11) is 1.96. The van der Waals surface area contributed by atoms with E-state index in [2.05, 4.69) is 25.7 Å². The molecule has 0 aromatic carbocycles. The molecule has 2 nitrogen and oxygen atoms in total. The average molecular weight is 185 g/mol. The molecule has 1 N–H and O–H groups in total. The Kier molecular flexibility index (Phi) is 8.05. The van der Waals surface area contributed by atoms with Gasteiger partial charge < -0.3 is 10.1 Å². The van der Waals surface area contributed by atoms with E-state index in [4.69, 9.17) is 4.74 Å². The lowest BCUT2D eigenvalue weighted by molar-refractivity contribution is 0.0232. The minimum atomic E-state index is 0.342. The van der Waals surface area contributed by atoms with Crippen LogP contribution in [0.2, 0.25) is 0 Å². The first kappa shape index (κ1) is 12.7. The molecule has 78 valence electrons. The third-order valence-electron chi connectivity index (χ3n) is 2.03. The molecule has 0 spiro atoms. The van der Waals surface area contributed by atoms with Gasteiger partial charge in [0.2, 0.25) is 0 Å². The Balaban J connectivity index is 3.50. The monoisotopic (exact) mass is 185 g/mol. The van der Waals surface area contributed by atoms with Crippen molar-refractivity contribution in [2.75, 3.05) is 20.2 Å². The van der Waals surface area contributed by atoms with Crippen LogP contribution in [0.5, 0.6) is 0 Å². The van der Waals surface area contributed by atoms with Gasteiger partial charge in [-0.05, 0) is 25.8 Å². The molecule has 0 amide bonds. The quantitative estimate of drug-likeness (QED) is 0.462. The maximum Gasteiger partial charge on any atom is 0.0722 e. The van der Waals surface area contributed by atoms with Crippen molar-refractivity contribution in [1.29, 1.82) is 0 Å². The number of hydrogen-bond acceptors (Lipinski definition) is 2. The van der Waals surface area contributed by atoms with Crippen LogP contribution in [-0.2, 0) is 4.74 Å². The molecule has 1 atom stereocenters. The van der Waals surface area contributed by atoms with Crippen LogP contribution in [0.4, 0.5) is 0 Å². The second-order valence-electron chi connectivity index (χ2n) is 3.64. The van der Waals surface area contributed by atoms with Gasteiger partial charge in [0, 0.05) is 13.2 Å². The van der Waals surface area contributed by atoms with E-state index in [1.807, 2.05) is 13.1 Å². The predicted molar refractivity (Wildman–Crippen MR) is 57.9 cm³/mol. The topological polar surface area (TPSA) is 21.3 Å². The first-order valence-electron chi connectivity index (χ1n) is 5.09. The van der Waals surface area contributed by atoms with Crippen molar-refractivity contribution < 1.29 is 4.74 Å². The van der Waals surface area contributed by atoms with E-state index in [1.54, 1.807) is 0 Å². The minimum absolute atomic E-state index is 0.342. The van der Waals surface area contributed by atoms with Gasteiger partial charge in [-0.25, -0.2) is 0 Å². The average Bonchev–Trinajstić information content (AvgIpc) is 2.10. The molecule has 0 saturated carbocycles. The largest absolute Gasteiger partial charge is 0.377 e. The van der Waals surface area contributed by atoms with E-state index in [1.165, 1.54) is 0 Å². The molecule has 0 radical (unpaired) electrons. The van der Waals surface area contributed by atoms with Crippen LogP contribution < -0.4 is 5.32 Å². The van der Waals surface area contributed by atoms with Gasteiger partial charge in [-0.3, -0.25) is 0 Å². The highest BCUT2D eigenvalue weighted by Gasteiger charge is 2.11. The molecule has 0 aliphatic heterocycles. The van der Waals surface area contributed by atoms with Crippen molar-refractivity contribution in [1.82, 2.24) is 5.32 Å². The maximum absolute atomic E-state index is 5.74. The standard InChI is InChI=1S/C11H23NO/c1-5-6-7-8-13-11(9-12-4)10(2)3/h5,10-12H,1,6-9H2,2-4H3. The number of unbranched alkanes of at least 4 members (excludes halogenated alkanes) is 1. The van der Waals surface area contributed by atoms with Crippen LogP contribution in [0.25, 0.3) is 0 Å². The number of rotatable bonds is 8. The summed E-state index contributed by atoms with van der Waals surface area (Å²) in [5.74, 6) is 0.580. The van der Waals surface area contributed by atoms with E-state index < -0.39 is 0 Å². The van der Waals surface area contributed by atoms with Crippen molar-refractivity contribution in [3.8, 4) is 0 Å². The Labute approximate surface area is 82.4 Å². The molecule has 13 heavy (non-hydrogen) atoms. The van der Waals surface area contributed by atoms with Crippen LogP contribution >= 0.6 is 0 Å². The number of nitrogens with one attached hydrogen (secondary N) is 1. The van der Waals surface area contributed by atoms with Crippen molar-refractivity contribution in [3.05, 3.63) is 12.7 Å². The first-order chi connectivity index (χ1) is 6.22. The SMILES string of the molecule is C=CCCCOC(CNC)C(C)C. The third kappa shape index (κ3) is 6.79. The second kappa shape index (κ2) is 8.27. The van der Waals surface area contributed by atoms with Crippen LogP contribution in [0.15, 0.2) is 12.7 Å². The molecule has 0 aliphatic rings. The zero-order chi connectivity index (χ0) is 10.1. The fourth-order valence-electron chi connectivity index (χ4n) is 1.15. The minimum Gasteiger partial charge on any atom is -0.377 e. The van der Waals surface area contributed by atoms with Crippen LogP contribution in [-0.4, -0.2) is 26.3 Å². The molecule has 0 saturated heterocycles. The fourth-order valence-corrected chi connectivity index (χ4v) is 1.15. The molecule has 2 heteroatoms. The molecule has 0 aromatic heterocycles. The van der Waals surface area contributed by atoms with Crippen LogP contribution in [0.3, 0.4) is 0 Å². The molecule has 0 rings (SSSR count). The summed E-state index contributed by atoms with van der Waals surface area (Å²) < 4.78 is 5.74.